The number of aryl methyl sites for hydroxylation is 1. The van der Waals surface area contributed by atoms with Crippen LogP contribution in [0.4, 0.5) is 0 Å². The van der Waals surface area contributed by atoms with Crippen molar-refractivity contribution in [2.75, 3.05) is 20.8 Å². The van der Waals surface area contributed by atoms with Gasteiger partial charge in [0.25, 0.3) is 0 Å². The predicted molar refractivity (Wildman–Crippen MR) is 84.1 cm³/mol. The molecule has 0 radical (unpaired) electrons. The SMILES string of the molecule is CCNC(c1csc(C)c1)c1ccc(OC)cc1OC. The molecular weight excluding hydrogens is 270 g/mol. The molecular formula is C16H21NO2S. The van der Waals surface area contributed by atoms with Crippen LogP contribution < -0.4 is 14.8 Å². The second-order valence-electron chi connectivity index (χ2n) is 4.59. The first kappa shape index (κ1) is 14.9. The summed E-state index contributed by atoms with van der Waals surface area (Å²) in [5.74, 6) is 1.65. The number of hydrogen-bond acceptors (Lipinski definition) is 4. The maximum absolute atomic E-state index is 5.53. The monoisotopic (exact) mass is 291 g/mol. The summed E-state index contributed by atoms with van der Waals surface area (Å²) < 4.78 is 10.8. The molecule has 4 heteroatoms. The van der Waals surface area contributed by atoms with E-state index in [0.717, 1.165) is 23.6 Å². The molecule has 1 heterocycles. The molecule has 0 spiro atoms. The van der Waals surface area contributed by atoms with Crippen molar-refractivity contribution in [2.45, 2.75) is 19.9 Å². The number of ether oxygens (including phenoxy) is 2. The highest BCUT2D eigenvalue weighted by molar-refractivity contribution is 7.10. The lowest BCUT2D eigenvalue weighted by molar-refractivity contribution is 0.387. The van der Waals surface area contributed by atoms with Gasteiger partial charge in [-0.1, -0.05) is 6.92 Å². The molecule has 20 heavy (non-hydrogen) atoms. The zero-order valence-corrected chi connectivity index (χ0v) is 13.2. The highest BCUT2D eigenvalue weighted by Crippen LogP contribution is 2.34. The lowest BCUT2D eigenvalue weighted by atomic mass is 9.99. The Morgan fingerprint density at radius 2 is 2.00 bits per heavy atom. The van der Waals surface area contributed by atoms with Crippen LogP contribution in [-0.4, -0.2) is 20.8 Å². The van der Waals surface area contributed by atoms with Crippen LogP contribution in [0, 0.1) is 6.92 Å². The Balaban J connectivity index is 2.43. The van der Waals surface area contributed by atoms with Gasteiger partial charge >= 0.3 is 0 Å². The standard InChI is InChI=1S/C16H21NO2S/c1-5-17-16(12-8-11(2)20-10-12)14-7-6-13(18-3)9-15(14)19-4/h6-10,16-17H,5H2,1-4H3. The fourth-order valence-corrected chi connectivity index (χ4v) is 3.01. The van der Waals surface area contributed by atoms with Gasteiger partial charge in [-0.2, -0.15) is 0 Å². The van der Waals surface area contributed by atoms with Crippen LogP contribution in [0.15, 0.2) is 29.6 Å². The number of rotatable bonds is 6. The summed E-state index contributed by atoms with van der Waals surface area (Å²) in [6.45, 7) is 5.14. The summed E-state index contributed by atoms with van der Waals surface area (Å²) in [6.07, 6.45) is 0. The molecule has 3 nitrogen and oxygen atoms in total. The molecule has 0 amide bonds. The van der Waals surface area contributed by atoms with E-state index in [1.807, 2.05) is 12.1 Å². The summed E-state index contributed by atoms with van der Waals surface area (Å²) in [5.41, 5.74) is 2.41. The van der Waals surface area contributed by atoms with Crippen LogP contribution >= 0.6 is 11.3 Å². The van der Waals surface area contributed by atoms with Crippen LogP contribution in [0.1, 0.15) is 29.0 Å². The third-order valence-electron chi connectivity index (χ3n) is 3.24. The molecule has 0 fully saturated rings. The minimum atomic E-state index is 0.144. The zero-order chi connectivity index (χ0) is 14.5. The van der Waals surface area contributed by atoms with Crippen LogP contribution in [0.3, 0.4) is 0 Å². The Morgan fingerprint density at radius 3 is 2.55 bits per heavy atom. The van der Waals surface area contributed by atoms with E-state index >= 15 is 0 Å². The molecule has 1 aromatic heterocycles. The van der Waals surface area contributed by atoms with Gasteiger partial charge in [0, 0.05) is 16.5 Å². The average molecular weight is 291 g/mol. The van der Waals surface area contributed by atoms with Gasteiger partial charge in [-0.15, -0.1) is 11.3 Å². The smallest absolute Gasteiger partial charge is 0.127 e. The fraction of sp³-hybridized carbons (Fsp3) is 0.375. The molecule has 0 aliphatic carbocycles. The number of nitrogens with one attached hydrogen (secondary N) is 1. The minimum Gasteiger partial charge on any atom is -0.497 e. The number of hydrogen-bond donors (Lipinski definition) is 1. The maximum atomic E-state index is 5.53. The van der Waals surface area contributed by atoms with Gasteiger partial charge in [0.1, 0.15) is 11.5 Å². The molecule has 2 rings (SSSR count). The first-order chi connectivity index (χ1) is 9.69. The Kier molecular flexibility index (Phi) is 5.04. The normalized spacial score (nSPS) is 12.2. The van der Waals surface area contributed by atoms with Crippen molar-refractivity contribution in [3.05, 3.63) is 45.6 Å². The average Bonchev–Trinajstić information content (AvgIpc) is 2.90. The summed E-state index contributed by atoms with van der Waals surface area (Å²) in [5, 5.41) is 5.73. The van der Waals surface area contributed by atoms with E-state index in [1.54, 1.807) is 25.6 Å². The summed E-state index contributed by atoms with van der Waals surface area (Å²) >= 11 is 1.77. The Hall–Kier alpha value is -1.52. The molecule has 2 aromatic rings. The number of methoxy groups -OCH3 is 2. The van der Waals surface area contributed by atoms with Crippen LogP contribution in [0.2, 0.25) is 0 Å². The molecule has 0 saturated carbocycles. The largest absolute Gasteiger partial charge is 0.497 e. The van der Waals surface area contributed by atoms with Gasteiger partial charge < -0.3 is 14.8 Å². The van der Waals surface area contributed by atoms with E-state index in [1.165, 1.54) is 10.4 Å². The van der Waals surface area contributed by atoms with E-state index in [-0.39, 0.29) is 6.04 Å². The van der Waals surface area contributed by atoms with Gasteiger partial charge in [-0.05, 0) is 42.6 Å². The van der Waals surface area contributed by atoms with Crippen LogP contribution in [0.25, 0.3) is 0 Å². The molecule has 0 aliphatic heterocycles. The summed E-state index contributed by atoms with van der Waals surface area (Å²) in [7, 11) is 3.36. The van der Waals surface area contributed by atoms with Crippen molar-refractivity contribution >= 4 is 11.3 Å². The lowest BCUT2D eigenvalue weighted by Gasteiger charge is -2.20. The van der Waals surface area contributed by atoms with Gasteiger partial charge in [0.05, 0.1) is 20.3 Å². The molecule has 1 unspecified atom stereocenters. The summed E-state index contributed by atoms with van der Waals surface area (Å²) in [4.78, 5) is 1.32. The molecule has 0 saturated heterocycles. The second kappa shape index (κ2) is 6.77. The Labute approximate surface area is 124 Å². The molecule has 1 aromatic carbocycles. The zero-order valence-electron chi connectivity index (χ0n) is 12.4. The summed E-state index contributed by atoms with van der Waals surface area (Å²) in [6, 6.07) is 8.34. The van der Waals surface area contributed by atoms with Crippen molar-refractivity contribution in [1.29, 1.82) is 0 Å². The van der Waals surface area contributed by atoms with Gasteiger partial charge in [-0.25, -0.2) is 0 Å². The van der Waals surface area contributed by atoms with E-state index in [4.69, 9.17) is 9.47 Å². The highest BCUT2D eigenvalue weighted by atomic mass is 32.1. The van der Waals surface area contributed by atoms with Crippen molar-refractivity contribution in [2.24, 2.45) is 0 Å². The third kappa shape index (κ3) is 3.14. The minimum absolute atomic E-state index is 0.144. The number of benzene rings is 1. The van der Waals surface area contributed by atoms with Gasteiger partial charge in [0.2, 0.25) is 0 Å². The highest BCUT2D eigenvalue weighted by Gasteiger charge is 2.18. The van der Waals surface area contributed by atoms with E-state index in [0.29, 0.717) is 0 Å². The first-order valence-electron chi connectivity index (χ1n) is 6.70. The molecule has 0 aliphatic rings. The third-order valence-corrected chi connectivity index (χ3v) is 4.12. The van der Waals surface area contributed by atoms with Gasteiger partial charge in [-0.3, -0.25) is 0 Å². The lowest BCUT2D eigenvalue weighted by Crippen LogP contribution is -2.22. The Bertz CT molecular complexity index is 565. The van der Waals surface area contributed by atoms with Gasteiger partial charge in [0.15, 0.2) is 0 Å². The molecule has 1 N–H and O–H groups in total. The quantitative estimate of drug-likeness (QED) is 0.878. The van der Waals surface area contributed by atoms with Crippen molar-refractivity contribution in [1.82, 2.24) is 5.32 Å². The number of thiophene rings is 1. The maximum Gasteiger partial charge on any atom is 0.127 e. The van der Waals surface area contributed by atoms with E-state index in [9.17, 15) is 0 Å². The van der Waals surface area contributed by atoms with Crippen LogP contribution in [-0.2, 0) is 0 Å². The Morgan fingerprint density at radius 1 is 1.20 bits per heavy atom. The van der Waals surface area contributed by atoms with Crippen molar-refractivity contribution in [3.63, 3.8) is 0 Å². The van der Waals surface area contributed by atoms with Crippen LogP contribution in [0.5, 0.6) is 11.5 Å². The van der Waals surface area contributed by atoms with Crippen molar-refractivity contribution < 1.29 is 9.47 Å². The first-order valence-corrected chi connectivity index (χ1v) is 7.57. The van der Waals surface area contributed by atoms with E-state index in [2.05, 4.69) is 36.7 Å². The molecule has 0 bridgehead atoms. The molecule has 108 valence electrons. The van der Waals surface area contributed by atoms with Crippen molar-refractivity contribution in [3.8, 4) is 11.5 Å². The topological polar surface area (TPSA) is 30.5 Å². The second-order valence-corrected chi connectivity index (χ2v) is 5.70. The van der Waals surface area contributed by atoms with E-state index < -0.39 is 0 Å². The predicted octanol–water partition coefficient (Wildman–Crippen LogP) is 3.77. The molecule has 1 atom stereocenters. The fourth-order valence-electron chi connectivity index (χ4n) is 2.28.